The molecular formula is C54H59N3O6. The highest BCUT2D eigenvalue weighted by Crippen LogP contribution is 2.80. The van der Waals surface area contributed by atoms with Crippen molar-refractivity contribution in [1.29, 1.82) is 0 Å². The summed E-state index contributed by atoms with van der Waals surface area (Å²) in [5.41, 5.74) is 6.84. The molecular weight excluding hydrogens is 787 g/mol. The van der Waals surface area contributed by atoms with Crippen LogP contribution < -0.4 is 5.32 Å². The Labute approximate surface area is 368 Å². The Hall–Kier alpha value is -5.25. The summed E-state index contributed by atoms with van der Waals surface area (Å²) in [6.07, 6.45) is 25.3. The zero-order chi connectivity index (χ0) is 42.8. The molecule has 5 aromatic rings. The molecule has 2 heterocycles. The third kappa shape index (κ3) is 5.45. The van der Waals surface area contributed by atoms with Gasteiger partial charge < -0.3 is 40.9 Å². The number of hydrogen-bond donors (Lipinski definition) is 8. The maximum atomic E-state index is 12.6. The molecule has 9 nitrogen and oxygen atoms in total. The van der Waals surface area contributed by atoms with E-state index in [1.165, 1.54) is 92.9 Å². The highest BCUT2D eigenvalue weighted by atomic mass is 16.3. The van der Waals surface area contributed by atoms with E-state index in [1.54, 1.807) is 18.2 Å². The second-order valence-corrected chi connectivity index (χ2v) is 20.6. The second-order valence-electron chi connectivity index (χ2n) is 20.6. The molecule has 4 aromatic carbocycles. The summed E-state index contributed by atoms with van der Waals surface area (Å²) in [6, 6.07) is 18.9. The SMILES string of the molecule is Oc1ccc(/C=C/c2c(CCc3ccc([C@H]4CC[C@@H]5C[C@@H]6CC[C@H]7CCc8[nH]cnc8[C@]8([C@@H]9[C@@H](O)C=C[C@@H]%10CCC[C@@]%109CC[C@]768)[C@H]5N4)cc3)c(O)c(O)c3c(O)cccc23)cc1O. The van der Waals surface area contributed by atoms with Crippen LogP contribution in [0.5, 0.6) is 28.7 Å². The Morgan fingerprint density at radius 3 is 2.48 bits per heavy atom. The van der Waals surface area contributed by atoms with E-state index in [1.807, 2.05) is 18.5 Å². The number of rotatable bonds is 6. The predicted octanol–water partition coefficient (Wildman–Crippen LogP) is 9.88. The number of aromatic nitrogens is 2. The van der Waals surface area contributed by atoms with Crippen LogP contribution in [-0.4, -0.2) is 52.8 Å². The van der Waals surface area contributed by atoms with Crippen LogP contribution in [0.1, 0.15) is 116 Å². The lowest BCUT2D eigenvalue weighted by atomic mass is 9.32. The number of H-pyrrole nitrogens is 1. The summed E-state index contributed by atoms with van der Waals surface area (Å²) in [5, 5.41) is 71.2. The molecule has 0 bridgehead atoms. The number of nitrogens with one attached hydrogen (secondary N) is 2. The normalized spacial score (nSPS) is 35.1. The average molecular weight is 846 g/mol. The first-order valence-corrected chi connectivity index (χ1v) is 23.8. The Morgan fingerprint density at radius 2 is 1.62 bits per heavy atom. The van der Waals surface area contributed by atoms with Crippen LogP contribution in [0.2, 0.25) is 0 Å². The van der Waals surface area contributed by atoms with Crippen LogP contribution in [0.15, 0.2) is 79.1 Å². The Bertz CT molecular complexity index is 2690. The molecule has 4 saturated carbocycles. The number of benzene rings is 4. The lowest BCUT2D eigenvalue weighted by molar-refractivity contribution is -0.210. The van der Waals surface area contributed by atoms with E-state index in [9.17, 15) is 30.6 Å². The van der Waals surface area contributed by atoms with Crippen molar-refractivity contribution in [1.82, 2.24) is 15.3 Å². The quantitative estimate of drug-likeness (QED) is 0.0476. The fraction of sp³-hybridized carbons (Fsp3) is 0.463. The first kappa shape index (κ1) is 39.3. The molecule has 11 atom stereocenters. The van der Waals surface area contributed by atoms with Crippen molar-refractivity contribution in [2.75, 3.05) is 0 Å². The van der Waals surface area contributed by atoms with Crippen LogP contribution in [0, 0.1) is 40.4 Å². The van der Waals surface area contributed by atoms with Gasteiger partial charge in [-0.2, -0.15) is 0 Å². The Kier molecular flexibility index (Phi) is 8.98. The third-order valence-electron chi connectivity index (χ3n) is 18.5. The minimum atomic E-state index is -0.479. The van der Waals surface area contributed by atoms with Crippen LogP contribution in [0.25, 0.3) is 22.9 Å². The average Bonchev–Trinajstić information content (AvgIpc) is 4.02. The molecule has 8 N–H and O–H groups in total. The summed E-state index contributed by atoms with van der Waals surface area (Å²) in [5.74, 6) is 1.33. The van der Waals surface area contributed by atoms with E-state index < -0.39 is 6.10 Å². The maximum absolute atomic E-state index is 12.6. The summed E-state index contributed by atoms with van der Waals surface area (Å²) in [6.45, 7) is 0. The number of phenolic OH excluding ortho intramolecular Hbond substituents is 5. The number of aromatic amines is 1. The topological polar surface area (TPSA) is 162 Å². The van der Waals surface area contributed by atoms with E-state index >= 15 is 0 Å². The summed E-state index contributed by atoms with van der Waals surface area (Å²) >= 11 is 0. The number of hydrogen-bond acceptors (Lipinski definition) is 8. The second kappa shape index (κ2) is 14.4. The van der Waals surface area contributed by atoms with Gasteiger partial charge in [-0.3, -0.25) is 0 Å². The van der Waals surface area contributed by atoms with Crippen LogP contribution in [0.3, 0.4) is 0 Å². The molecule has 326 valence electrons. The monoisotopic (exact) mass is 845 g/mol. The molecule has 7 aliphatic rings. The third-order valence-corrected chi connectivity index (χ3v) is 18.5. The lowest BCUT2D eigenvalue weighted by Gasteiger charge is -2.73. The van der Waals surface area contributed by atoms with Gasteiger partial charge in [0.1, 0.15) is 5.75 Å². The molecule has 12 rings (SSSR count). The van der Waals surface area contributed by atoms with Gasteiger partial charge in [-0.15, -0.1) is 0 Å². The molecule has 2 spiro atoms. The van der Waals surface area contributed by atoms with E-state index in [2.05, 4.69) is 46.7 Å². The smallest absolute Gasteiger partial charge is 0.169 e. The summed E-state index contributed by atoms with van der Waals surface area (Å²) in [7, 11) is 0. The highest BCUT2D eigenvalue weighted by molar-refractivity contribution is 6.03. The van der Waals surface area contributed by atoms with Crippen molar-refractivity contribution in [3.05, 3.63) is 118 Å². The van der Waals surface area contributed by atoms with Gasteiger partial charge in [-0.1, -0.05) is 73.2 Å². The fourth-order valence-corrected chi connectivity index (χ4v) is 16.3. The highest BCUT2D eigenvalue weighted by Gasteiger charge is 2.79. The summed E-state index contributed by atoms with van der Waals surface area (Å²) in [4.78, 5) is 9.11. The Balaban J connectivity index is 0.881. The van der Waals surface area contributed by atoms with E-state index in [0.717, 1.165) is 24.8 Å². The zero-order valence-electron chi connectivity index (χ0n) is 35.8. The molecule has 6 aliphatic carbocycles. The molecule has 1 saturated heterocycles. The van der Waals surface area contributed by atoms with Gasteiger partial charge in [0.15, 0.2) is 23.0 Å². The van der Waals surface area contributed by atoms with Crippen molar-refractivity contribution in [2.45, 2.75) is 113 Å². The number of phenols is 5. The van der Waals surface area contributed by atoms with E-state index in [4.69, 9.17) is 4.98 Å². The number of piperidine rings is 1. The Morgan fingerprint density at radius 1 is 0.762 bits per heavy atom. The molecule has 1 aromatic heterocycles. The van der Waals surface area contributed by atoms with Crippen molar-refractivity contribution >= 4 is 22.9 Å². The number of aliphatic hydroxyl groups is 1. The molecule has 0 unspecified atom stereocenters. The van der Waals surface area contributed by atoms with Gasteiger partial charge in [0.2, 0.25) is 0 Å². The van der Waals surface area contributed by atoms with E-state index in [-0.39, 0.29) is 68.4 Å². The van der Waals surface area contributed by atoms with Gasteiger partial charge >= 0.3 is 0 Å². The molecule has 0 amide bonds. The minimum absolute atomic E-state index is 0.108. The first-order valence-electron chi connectivity index (χ1n) is 23.8. The van der Waals surface area contributed by atoms with Gasteiger partial charge in [-0.05, 0) is 164 Å². The molecule has 9 heteroatoms. The van der Waals surface area contributed by atoms with Crippen molar-refractivity contribution in [3.8, 4) is 28.7 Å². The predicted molar refractivity (Wildman–Crippen MR) is 243 cm³/mol. The van der Waals surface area contributed by atoms with Gasteiger partial charge in [0, 0.05) is 34.7 Å². The number of nitrogens with zero attached hydrogens (tertiary/aromatic N) is 1. The van der Waals surface area contributed by atoms with Crippen molar-refractivity contribution in [2.24, 2.45) is 40.4 Å². The standard InChI is InChI=1S/C54H59N3O6/c58-42-22-10-31(27-45(42)61)9-18-37-38-4-1-5-43(59)46(38)48(63)47(62)39(37)19-8-30-6-11-32(12-7-30)40-20-13-33-28-36-15-14-35-16-21-41-51(56-29-55-41)54(50(33)57-40)49-44(60)23-17-34-3-2-24-52(34,49)25-26-53(35,36)54/h1,4-7,9-12,17-18,22-23,27,29,33-36,40,44,49-50,57-63H,2-3,8,13-16,19-21,24-26,28H2,(H,55,56)/b18-9+/t33-,34+,35+,36+,40-,44+,49-,50+,52-,53+,54+/m1/s1. The number of aromatic hydroxyl groups is 5. The van der Waals surface area contributed by atoms with Crippen molar-refractivity contribution in [3.63, 3.8) is 0 Å². The lowest BCUT2D eigenvalue weighted by Crippen LogP contribution is -2.77. The van der Waals surface area contributed by atoms with Crippen LogP contribution in [-0.2, 0) is 24.7 Å². The summed E-state index contributed by atoms with van der Waals surface area (Å²) < 4.78 is 0. The minimum Gasteiger partial charge on any atom is -0.507 e. The molecule has 1 aliphatic heterocycles. The number of allylic oxidation sites excluding steroid dienone is 1. The number of fused-ring (bicyclic) bond motifs is 3. The fourth-order valence-electron chi connectivity index (χ4n) is 16.3. The molecule has 63 heavy (non-hydrogen) atoms. The first-order chi connectivity index (χ1) is 30.6. The molecule has 0 radical (unpaired) electrons. The zero-order valence-corrected chi connectivity index (χ0v) is 35.8. The largest absolute Gasteiger partial charge is 0.507 e. The molecule has 5 fully saturated rings. The number of aryl methyl sites for hydroxylation is 2. The maximum Gasteiger partial charge on any atom is 0.169 e. The number of imidazole rings is 1. The van der Waals surface area contributed by atoms with Crippen LogP contribution in [0.4, 0.5) is 0 Å². The van der Waals surface area contributed by atoms with Crippen molar-refractivity contribution < 1.29 is 30.6 Å². The van der Waals surface area contributed by atoms with E-state index in [0.29, 0.717) is 58.6 Å². The van der Waals surface area contributed by atoms with Gasteiger partial charge in [-0.25, -0.2) is 4.98 Å². The van der Waals surface area contributed by atoms with Gasteiger partial charge in [0.05, 0.1) is 23.5 Å². The number of aliphatic hydroxyl groups excluding tert-OH is 1. The van der Waals surface area contributed by atoms with Gasteiger partial charge in [0.25, 0.3) is 0 Å². The van der Waals surface area contributed by atoms with Crippen LogP contribution >= 0.6 is 0 Å².